The van der Waals surface area contributed by atoms with E-state index in [-0.39, 0.29) is 24.9 Å². The number of aliphatic hydroxyl groups excluding tert-OH is 2. The Morgan fingerprint density at radius 1 is 0.476 bits per heavy atom. The van der Waals surface area contributed by atoms with Crippen molar-refractivity contribution >= 4 is 11.9 Å². The van der Waals surface area contributed by atoms with E-state index in [0.717, 1.165) is 83.5 Å². The molecule has 0 saturated carbocycles. The average Bonchev–Trinajstić information content (AvgIpc) is 3.28. The third kappa shape index (κ3) is 46.2. The molecule has 0 aromatic carbocycles. The summed E-state index contributed by atoms with van der Waals surface area (Å²) in [4.78, 5) is 26.2. The molecule has 0 aromatic heterocycles. The van der Waals surface area contributed by atoms with Gasteiger partial charge in [-0.15, -0.1) is 0 Å². The molecule has 6 nitrogen and oxygen atoms in total. The van der Waals surface area contributed by atoms with E-state index in [9.17, 15) is 19.8 Å². The second-order valence-electron chi connectivity index (χ2n) is 18.6. The van der Waals surface area contributed by atoms with E-state index in [1.807, 2.05) is 0 Å². The molecular weight excluding hydrogens is 779 g/mol. The summed E-state index contributed by atoms with van der Waals surface area (Å²) < 4.78 is 5.94. The van der Waals surface area contributed by atoms with Crippen LogP contribution in [0.1, 0.15) is 278 Å². The first-order valence-corrected chi connectivity index (χ1v) is 27.4. The number of allylic oxidation sites excluding steroid dienone is 8. The van der Waals surface area contributed by atoms with Crippen molar-refractivity contribution < 1.29 is 24.5 Å². The van der Waals surface area contributed by atoms with Gasteiger partial charge in [0.2, 0.25) is 5.91 Å². The van der Waals surface area contributed by atoms with E-state index in [1.54, 1.807) is 0 Å². The molecule has 63 heavy (non-hydrogen) atoms. The SMILES string of the molecule is CC/C=C/C/C=C/C/C=C/C/C=C/CCCCCC(=O)OC(CCCCCCCCCCCCCCCCCC)CC(=O)NC(CO)C(O)CCCCCCCCCCCCCC. The minimum Gasteiger partial charge on any atom is -0.462 e. The first kappa shape index (κ1) is 60.8. The molecule has 0 fully saturated rings. The second kappa shape index (κ2) is 50.8. The summed E-state index contributed by atoms with van der Waals surface area (Å²) in [5.74, 6) is -0.499. The first-order valence-electron chi connectivity index (χ1n) is 27.4. The lowest BCUT2D eigenvalue weighted by molar-refractivity contribution is -0.151. The van der Waals surface area contributed by atoms with E-state index in [2.05, 4.69) is 74.7 Å². The van der Waals surface area contributed by atoms with Gasteiger partial charge in [-0.1, -0.05) is 249 Å². The highest BCUT2D eigenvalue weighted by Gasteiger charge is 2.24. The highest BCUT2D eigenvalue weighted by atomic mass is 16.5. The van der Waals surface area contributed by atoms with E-state index in [4.69, 9.17) is 4.74 Å². The van der Waals surface area contributed by atoms with Crippen LogP contribution >= 0.6 is 0 Å². The summed E-state index contributed by atoms with van der Waals surface area (Å²) in [7, 11) is 0. The van der Waals surface area contributed by atoms with Crippen molar-refractivity contribution in [2.45, 2.75) is 296 Å². The van der Waals surface area contributed by atoms with Gasteiger partial charge in [0.1, 0.15) is 6.10 Å². The number of unbranched alkanes of at least 4 members (excludes halogenated alkanes) is 29. The largest absolute Gasteiger partial charge is 0.462 e. The third-order valence-electron chi connectivity index (χ3n) is 12.4. The summed E-state index contributed by atoms with van der Waals surface area (Å²) in [5, 5.41) is 23.8. The van der Waals surface area contributed by atoms with Crippen LogP contribution in [0.5, 0.6) is 0 Å². The quantitative estimate of drug-likeness (QED) is 0.0321. The molecular formula is C57H105NO5. The van der Waals surface area contributed by atoms with Gasteiger partial charge in [0.15, 0.2) is 0 Å². The number of carbonyl (C=O) groups is 2. The van der Waals surface area contributed by atoms with Crippen LogP contribution < -0.4 is 5.32 Å². The molecule has 1 amide bonds. The Bertz CT molecular complexity index is 1080. The zero-order valence-electron chi connectivity index (χ0n) is 42.0. The zero-order chi connectivity index (χ0) is 45.9. The summed E-state index contributed by atoms with van der Waals surface area (Å²) in [6.45, 7) is 6.38. The third-order valence-corrected chi connectivity index (χ3v) is 12.4. The number of nitrogens with one attached hydrogen (secondary N) is 1. The van der Waals surface area contributed by atoms with Gasteiger partial charge in [-0.2, -0.15) is 0 Å². The molecule has 0 radical (unpaired) electrons. The van der Waals surface area contributed by atoms with Crippen molar-refractivity contribution in [1.82, 2.24) is 5.32 Å². The van der Waals surface area contributed by atoms with Crippen LogP contribution in [-0.4, -0.2) is 46.9 Å². The smallest absolute Gasteiger partial charge is 0.306 e. The minimum absolute atomic E-state index is 0.0676. The van der Waals surface area contributed by atoms with E-state index in [0.29, 0.717) is 19.3 Å². The fraction of sp³-hybridized carbons (Fsp3) is 0.825. The van der Waals surface area contributed by atoms with Gasteiger partial charge in [0, 0.05) is 6.42 Å². The molecule has 0 spiro atoms. The van der Waals surface area contributed by atoms with Crippen LogP contribution in [0.4, 0.5) is 0 Å². The fourth-order valence-electron chi connectivity index (χ4n) is 8.31. The van der Waals surface area contributed by atoms with Crippen LogP contribution in [0.15, 0.2) is 48.6 Å². The summed E-state index contributed by atoms with van der Waals surface area (Å²) in [6.07, 6.45) is 61.7. The lowest BCUT2D eigenvalue weighted by Crippen LogP contribution is -2.46. The molecule has 6 heteroatoms. The molecule has 3 unspecified atom stereocenters. The van der Waals surface area contributed by atoms with E-state index >= 15 is 0 Å². The average molecular weight is 884 g/mol. The lowest BCUT2D eigenvalue weighted by Gasteiger charge is -2.24. The number of carbonyl (C=O) groups excluding carboxylic acids is 2. The number of aliphatic hydroxyl groups is 2. The van der Waals surface area contributed by atoms with Crippen molar-refractivity contribution in [3.05, 3.63) is 48.6 Å². The molecule has 0 saturated heterocycles. The summed E-state index contributed by atoms with van der Waals surface area (Å²) in [6, 6.07) is -0.706. The predicted octanol–water partition coefficient (Wildman–Crippen LogP) is 16.6. The highest BCUT2D eigenvalue weighted by molar-refractivity contribution is 5.77. The molecule has 0 aliphatic rings. The number of hydrogen-bond donors (Lipinski definition) is 3. The van der Waals surface area contributed by atoms with Crippen molar-refractivity contribution in [3.8, 4) is 0 Å². The van der Waals surface area contributed by atoms with Crippen molar-refractivity contribution in [2.75, 3.05) is 6.61 Å². The molecule has 0 aliphatic carbocycles. The van der Waals surface area contributed by atoms with Gasteiger partial charge >= 0.3 is 5.97 Å². The number of rotatable bonds is 49. The first-order chi connectivity index (χ1) is 31.0. The summed E-state index contributed by atoms with van der Waals surface area (Å²) in [5.41, 5.74) is 0. The molecule has 3 atom stereocenters. The summed E-state index contributed by atoms with van der Waals surface area (Å²) >= 11 is 0. The van der Waals surface area contributed by atoms with Gasteiger partial charge < -0.3 is 20.3 Å². The lowest BCUT2D eigenvalue weighted by atomic mass is 10.0. The molecule has 0 rings (SSSR count). The van der Waals surface area contributed by atoms with Crippen molar-refractivity contribution in [2.24, 2.45) is 0 Å². The Morgan fingerprint density at radius 3 is 1.29 bits per heavy atom. The predicted molar refractivity (Wildman–Crippen MR) is 273 cm³/mol. The Kier molecular flexibility index (Phi) is 49.1. The van der Waals surface area contributed by atoms with Crippen LogP contribution in [0.25, 0.3) is 0 Å². The Hall–Kier alpha value is -2.18. The second-order valence-corrected chi connectivity index (χ2v) is 18.6. The zero-order valence-corrected chi connectivity index (χ0v) is 42.0. The Balaban J connectivity index is 4.61. The van der Waals surface area contributed by atoms with Crippen LogP contribution in [-0.2, 0) is 14.3 Å². The number of esters is 1. The molecule has 0 aliphatic heterocycles. The van der Waals surface area contributed by atoms with Gasteiger partial charge in [-0.05, 0) is 64.2 Å². The molecule has 0 bridgehead atoms. The number of amides is 1. The maximum Gasteiger partial charge on any atom is 0.306 e. The van der Waals surface area contributed by atoms with E-state index < -0.39 is 18.2 Å². The monoisotopic (exact) mass is 884 g/mol. The van der Waals surface area contributed by atoms with Gasteiger partial charge in [0.25, 0.3) is 0 Å². The Labute approximate surface area is 391 Å². The molecule has 0 aromatic rings. The minimum atomic E-state index is -0.792. The number of ether oxygens (including phenoxy) is 1. The van der Waals surface area contributed by atoms with Crippen LogP contribution in [0, 0.1) is 0 Å². The van der Waals surface area contributed by atoms with Crippen LogP contribution in [0.2, 0.25) is 0 Å². The van der Waals surface area contributed by atoms with Crippen molar-refractivity contribution in [3.63, 3.8) is 0 Å². The maximum absolute atomic E-state index is 13.2. The molecule has 3 N–H and O–H groups in total. The van der Waals surface area contributed by atoms with Crippen molar-refractivity contribution in [1.29, 1.82) is 0 Å². The standard InChI is InChI=1S/C57H105NO5/c1-4-7-10-13-16-19-22-25-27-29-31-33-36-39-42-45-48-53(63-57(62)50-47-44-41-38-35-32-30-28-26-23-20-17-14-11-8-5-2)51-56(61)58-54(52-59)55(60)49-46-43-40-37-34-24-21-18-15-12-9-6-3/h8,11,17,20,26,28,32,35,53-55,59-60H,4-7,9-10,12-16,18-19,21-25,27,29-31,33-34,36-52H2,1-3H3,(H,58,61)/b11-8+,20-17+,28-26+,35-32+. The Morgan fingerprint density at radius 2 is 0.857 bits per heavy atom. The van der Waals surface area contributed by atoms with Gasteiger partial charge in [-0.3, -0.25) is 9.59 Å². The fourth-order valence-corrected chi connectivity index (χ4v) is 8.31. The molecule has 0 heterocycles. The highest BCUT2D eigenvalue weighted by Crippen LogP contribution is 2.18. The maximum atomic E-state index is 13.2. The topological polar surface area (TPSA) is 95.9 Å². The molecule has 368 valence electrons. The van der Waals surface area contributed by atoms with Gasteiger partial charge in [-0.25, -0.2) is 0 Å². The van der Waals surface area contributed by atoms with Gasteiger partial charge in [0.05, 0.1) is 25.2 Å². The van der Waals surface area contributed by atoms with E-state index in [1.165, 1.54) is 148 Å². The number of hydrogen-bond acceptors (Lipinski definition) is 5. The normalized spacial score (nSPS) is 13.5. The van der Waals surface area contributed by atoms with Crippen LogP contribution in [0.3, 0.4) is 0 Å².